The van der Waals surface area contributed by atoms with Gasteiger partial charge in [0.25, 0.3) is 0 Å². The summed E-state index contributed by atoms with van der Waals surface area (Å²) >= 11 is 0. The van der Waals surface area contributed by atoms with Gasteiger partial charge < -0.3 is 14.4 Å². The van der Waals surface area contributed by atoms with Crippen molar-refractivity contribution < 1.29 is 14.3 Å². The Hall–Kier alpha value is -1.39. The summed E-state index contributed by atoms with van der Waals surface area (Å²) in [5.41, 5.74) is 1.52. The van der Waals surface area contributed by atoms with Gasteiger partial charge in [0, 0.05) is 26.1 Å². The molecule has 0 N–H and O–H groups in total. The Kier molecular flexibility index (Phi) is 5.60. The molecule has 1 saturated carbocycles. The van der Waals surface area contributed by atoms with Crippen LogP contribution in [-0.4, -0.2) is 49.8 Å². The van der Waals surface area contributed by atoms with Crippen molar-refractivity contribution in [1.82, 2.24) is 4.90 Å². The highest BCUT2D eigenvalue weighted by Gasteiger charge is 2.43. The minimum Gasteiger partial charge on any atom is -0.378 e. The molecule has 142 valence electrons. The Morgan fingerprint density at radius 1 is 1.15 bits per heavy atom. The van der Waals surface area contributed by atoms with Crippen LogP contribution in [-0.2, 0) is 20.7 Å². The first-order valence-corrected chi connectivity index (χ1v) is 10.2. The van der Waals surface area contributed by atoms with E-state index in [1.54, 1.807) is 0 Å². The molecule has 1 amide bonds. The molecule has 3 aliphatic rings. The lowest BCUT2D eigenvalue weighted by Crippen LogP contribution is -2.43. The predicted octanol–water partition coefficient (Wildman–Crippen LogP) is 3.44. The van der Waals surface area contributed by atoms with Crippen LogP contribution in [0.25, 0.3) is 0 Å². The fraction of sp³-hybridized carbons (Fsp3) is 0.682. The van der Waals surface area contributed by atoms with E-state index in [0.717, 1.165) is 64.5 Å². The van der Waals surface area contributed by atoms with E-state index in [0.29, 0.717) is 12.3 Å². The Labute approximate surface area is 156 Å². The highest BCUT2D eigenvalue weighted by molar-refractivity contribution is 5.76. The number of amides is 1. The molecule has 1 aromatic rings. The van der Waals surface area contributed by atoms with E-state index < -0.39 is 0 Å². The highest BCUT2D eigenvalue weighted by atomic mass is 16.5. The number of rotatable bonds is 7. The Morgan fingerprint density at radius 2 is 1.92 bits per heavy atom. The lowest BCUT2D eigenvalue weighted by Gasteiger charge is -2.38. The van der Waals surface area contributed by atoms with Crippen molar-refractivity contribution >= 4 is 5.91 Å². The number of carbonyl (C=O) groups excluding carboxylic acids is 1. The van der Waals surface area contributed by atoms with Gasteiger partial charge in [0.1, 0.15) is 0 Å². The molecule has 0 aromatic heterocycles. The van der Waals surface area contributed by atoms with Gasteiger partial charge in [-0.1, -0.05) is 30.3 Å². The summed E-state index contributed by atoms with van der Waals surface area (Å²) < 4.78 is 11.8. The second kappa shape index (κ2) is 8.10. The molecule has 1 aromatic carbocycles. The normalized spacial score (nSPS) is 24.9. The lowest BCUT2D eigenvalue weighted by atomic mass is 9.76. The van der Waals surface area contributed by atoms with Crippen molar-refractivity contribution in [3.8, 4) is 0 Å². The van der Waals surface area contributed by atoms with Crippen molar-refractivity contribution in [3.05, 3.63) is 35.9 Å². The molecule has 1 aliphatic carbocycles. The maximum absolute atomic E-state index is 12.5. The van der Waals surface area contributed by atoms with Crippen LogP contribution < -0.4 is 0 Å². The van der Waals surface area contributed by atoms with Gasteiger partial charge in [0.2, 0.25) is 5.91 Å². The average Bonchev–Trinajstić information content (AvgIpc) is 3.42. The largest absolute Gasteiger partial charge is 0.378 e. The third-order valence-corrected chi connectivity index (χ3v) is 6.29. The molecule has 4 heteroatoms. The van der Waals surface area contributed by atoms with E-state index in [1.165, 1.54) is 18.4 Å². The number of likely N-dealkylation sites (tertiary alicyclic amines) is 1. The smallest absolute Gasteiger partial charge is 0.222 e. The Balaban J connectivity index is 1.18. The van der Waals surface area contributed by atoms with Crippen LogP contribution in [0.4, 0.5) is 0 Å². The summed E-state index contributed by atoms with van der Waals surface area (Å²) in [6.45, 7) is 4.27. The summed E-state index contributed by atoms with van der Waals surface area (Å²) in [6.07, 6.45) is 7.63. The molecule has 2 heterocycles. The molecule has 4 nitrogen and oxygen atoms in total. The van der Waals surface area contributed by atoms with Gasteiger partial charge in [-0.15, -0.1) is 0 Å². The number of nitrogens with zero attached hydrogens (tertiary/aromatic N) is 1. The van der Waals surface area contributed by atoms with Gasteiger partial charge in [-0.3, -0.25) is 4.79 Å². The maximum atomic E-state index is 12.5. The van der Waals surface area contributed by atoms with E-state index in [1.807, 2.05) is 18.2 Å². The monoisotopic (exact) mass is 357 g/mol. The third kappa shape index (κ3) is 4.66. The molecule has 1 unspecified atom stereocenters. The van der Waals surface area contributed by atoms with Crippen LogP contribution in [0.1, 0.15) is 44.1 Å². The lowest BCUT2D eigenvalue weighted by molar-refractivity contribution is -0.133. The van der Waals surface area contributed by atoms with Crippen molar-refractivity contribution in [1.29, 1.82) is 0 Å². The molecule has 4 rings (SSSR count). The fourth-order valence-corrected chi connectivity index (χ4v) is 4.29. The molecule has 26 heavy (non-hydrogen) atoms. The van der Waals surface area contributed by atoms with Crippen LogP contribution >= 0.6 is 0 Å². The molecule has 0 radical (unpaired) electrons. The van der Waals surface area contributed by atoms with E-state index >= 15 is 0 Å². The molecule has 1 atom stereocenters. The SMILES string of the molecule is O=C(CCc1ccccc1)N1CCC2(CC1)COC(COCC1CC1)C2. The second-order valence-corrected chi connectivity index (χ2v) is 8.48. The Morgan fingerprint density at radius 3 is 2.65 bits per heavy atom. The molecule has 3 fully saturated rings. The molecular formula is C22H31NO3. The van der Waals surface area contributed by atoms with Crippen LogP contribution in [0.3, 0.4) is 0 Å². The van der Waals surface area contributed by atoms with Gasteiger partial charge in [0.05, 0.1) is 19.3 Å². The minimum absolute atomic E-state index is 0.258. The topological polar surface area (TPSA) is 38.8 Å². The first-order valence-electron chi connectivity index (χ1n) is 10.2. The van der Waals surface area contributed by atoms with Crippen LogP contribution in [0.15, 0.2) is 30.3 Å². The summed E-state index contributed by atoms with van der Waals surface area (Å²) in [5.74, 6) is 1.11. The number of ether oxygens (including phenoxy) is 2. The van der Waals surface area contributed by atoms with E-state index in [9.17, 15) is 4.79 Å². The van der Waals surface area contributed by atoms with Crippen LogP contribution in [0, 0.1) is 11.3 Å². The fourth-order valence-electron chi connectivity index (χ4n) is 4.29. The second-order valence-electron chi connectivity index (χ2n) is 8.48. The van der Waals surface area contributed by atoms with Crippen molar-refractivity contribution in [2.75, 3.05) is 32.9 Å². The molecule has 2 saturated heterocycles. The first-order chi connectivity index (χ1) is 12.7. The van der Waals surface area contributed by atoms with Crippen molar-refractivity contribution in [2.24, 2.45) is 11.3 Å². The van der Waals surface area contributed by atoms with Gasteiger partial charge in [-0.2, -0.15) is 0 Å². The predicted molar refractivity (Wildman–Crippen MR) is 101 cm³/mol. The zero-order valence-corrected chi connectivity index (χ0v) is 15.7. The molecule has 0 bridgehead atoms. The average molecular weight is 357 g/mol. The summed E-state index contributed by atoms with van der Waals surface area (Å²) in [7, 11) is 0. The number of hydrogen-bond donors (Lipinski definition) is 0. The maximum Gasteiger partial charge on any atom is 0.222 e. The van der Waals surface area contributed by atoms with Crippen LogP contribution in [0.5, 0.6) is 0 Å². The Bertz CT molecular complexity index is 591. The number of carbonyl (C=O) groups is 1. The quantitative estimate of drug-likeness (QED) is 0.750. The molecule has 1 spiro atoms. The van der Waals surface area contributed by atoms with Crippen LogP contribution in [0.2, 0.25) is 0 Å². The summed E-state index contributed by atoms with van der Waals surface area (Å²) in [4.78, 5) is 14.6. The number of benzene rings is 1. The summed E-state index contributed by atoms with van der Waals surface area (Å²) in [6, 6.07) is 10.3. The molecular weight excluding hydrogens is 326 g/mol. The molecule has 2 aliphatic heterocycles. The number of hydrogen-bond acceptors (Lipinski definition) is 3. The van der Waals surface area contributed by atoms with Gasteiger partial charge in [-0.25, -0.2) is 0 Å². The van der Waals surface area contributed by atoms with Crippen molar-refractivity contribution in [2.45, 2.75) is 51.0 Å². The van der Waals surface area contributed by atoms with Crippen molar-refractivity contribution in [3.63, 3.8) is 0 Å². The standard InChI is InChI=1S/C22H31NO3/c24-21(9-8-18-4-2-1-3-5-18)23-12-10-22(11-13-23)14-20(26-17-22)16-25-15-19-6-7-19/h1-5,19-20H,6-17H2. The van der Waals surface area contributed by atoms with E-state index in [4.69, 9.17) is 9.47 Å². The van der Waals surface area contributed by atoms with Gasteiger partial charge in [0.15, 0.2) is 0 Å². The summed E-state index contributed by atoms with van der Waals surface area (Å²) in [5, 5.41) is 0. The third-order valence-electron chi connectivity index (χ3n) is 6.29. The number of aryl methyl sites for hydroxylation is 1. The van der Waals surface area contributed by atoms with Gasteiger partial charge >= 0.3 is 0 Å². The zero-order valence-electron chi connectivity index (χ0n) is 15.7. The first kappa shape index (κ1) is 18.0. The zero-order chi connectivity index (χ0) is 17.8. The number of piperidine rings is 1. The minimum atomic E-state index is 0.258. The van der Waals surface area contributed by atoms with Gasteiger partial charge in [-0.05, 0) is 55.4 Å². The van der Waals surface area contributed by atoms with E-state index in [-0.39, 0.29) is 11.5 Å². The highest BCUT2D eigenvalue weighted by Crippen LogP contribution is 2.42. The van der Waals surface area contributed by atoms with E-state index in [2.05, 4.69) is 17.0 Å².